The number of anilines is 2. The maximum absolute atomic E-state index is 11.8. The Morgan fingerprint density at radius 3 is 2.43 bits per heavy atom. The van der Waals surface area contributed by atoms with Gasteiger partial charge in [-0.1, -0.05) is 6.92 Å². The van der Waals surface area contributed by atoms with Crippen LogP contribution in [0.25, 0.3) is 0 Å². The lowest BCUT2D eigenvalue weighted by molar-refractivity contribution is -0.128. The zero-order valence-corrected chi connectivity index (χ0v) is 13.4. The van der Waals surface area contributed by atoms with Gasteiger partial charge in [0, 0.05) is 20.1 Å². The van der Waals surface area contributed by atoms with E-state index in [2.05, 4.69) is 32.8 Å². The summed E-state index contributed by atoms with van der Waals surface area (Å²) in [5.74, 6) is 1.74. The first-order chi connectivity index (χ1) is 9.96. The zero-order valence-electron chi connectivity index (χ0n) is 13.4. The minimum Gasteiger partial charge on any atom is -0.490 e. The molecule has 0 aliphatic carbocycles. The van der Waals surface area contributed by atoms with Crippen LogP contribution in [0.5, 0.6) is 5.75 Å². The Hall–Kier alpha value is -2.05. The highest BCUT2D eigenvalue weighted by Gasteiger charge is 2.27. The summed E-state index contributed by atoms with van der Waals surface area (Å²) < 4.78 is 5.38. The van der Waals surface area contributed by atoms with Crippen LogP contribution in [0.3, 0.4) is 0 Å². The number of aromatic nitrogens is 2. The molecule has 0 atom stereocenters. The van der Waals surface area contributed by atoms with Crippen molar-refractivity contribution in [1.29, 1.82) is 0 Å². The molecule has 1 aromatic heterocycles. The molecule has 1 aromatic rings. The Balaban J connectivity index is 2.86. The summed E-state index contributed by atoms with van der Waals surface area (Å²) in [4.78, 5) is 20.2. The van der Waals surface area contributed by atoms with E-state index in [4.69, 9.17) is 4.74 Å². The molecule has 1 heterocycles. The molecule has 0 aliphatic heterocycles. The number of hydrogen-bond acceptors (Lipinski definition) is 6. The minimum atomic E-state index is -0.554. The largest absolute Gasteiger partial charge is 0.490 e. The van der Waals surface area contributed by atoms with Crippen LogP contribution < -0.4 is 20.7 Å². The van der Waals surface area contributed by atoms with E-state index >= 15 is 0 Å². The quantitative estimate of drug-likeness (QED) is 0.673. The number of ether oxygens (including phenoxy) is 1. The maximum atomic E-state index is 11.8. The lowest BCUT2D eigenvalue weighted by Crippen LogP contribution is -2.39. The van der Waals surface area contributed by atoms with E-state index in [-0.39, 0.29) is 5.91 Å². The molecular formula is C14H25N5O2. The number of hydrogen-bond donors (Lipinski definition) is 3. The minimum absolute atomic E-state index is 0.0349. The fourth-order valence-electron chi connectivity index (χ4n) is 1.79. The van der Waals surface area contributed by atoms with Gasteiger partial charge in [0.2, 0.25) is 11.7 Å². The molecule has 0 aromatic carbocycles. The van der Waals surface area contributed by atoms with E-state index in [1.54, 1.807) is 14.2 Å². The Kier molecular flexibility index (Phi) is 6.20. The second-order valence-electron chi connectivity index (χ2n) is 5.35. The normalized spacial score (nSPS) is 10.9. The molecular weight excluding hydrogens is 270 g/mol. The molecule has 0 aliphatic rings. The summed E-state index contributed by atoms with van der Waals surface area (Å²) in [5.41, 5.74) is -0.554. The number of rotatable bonds is 8. The zero-order chi connectivity index (χ0) is 15.9. The number of amides is 1. The lowest BCUT2D eigenvalue weighted by Gasteiger charge is -2.24. The number of nitrogens with zero attached hydrogens (tertiary/aromatic N) is 2. The second kappa shape index (κ2) is 7.66. The van der Waals surface area contributed by atoms with Gasteiger partial charge < -0.3 is 20.7 Å². The second-order valence-corrected chi connectivity index (χ2v) is 5.35. The van der Waals surface area contributed by atoms with Gasteiger partial charge in [-0.15, -0.1) is 0 Å². The number of carbonyl (C=O) groups is 1. The van der Waals surface area contributed by atoms with E-state index in [9.17, 15) is 4.79 Å². The Labute approximate surface area is 125 Å². The number of methoxy groups -OCH3 is 1. The van der Waals surface area contributed by atoms with Crippen molar-refractivity contribution in [3.63, 3.8) is 0 Å². The summed E-state index contributed by atoms with van der Waals surface area (Å²) in [6.45, 7) is 7.04. The highest BCUT2D eigenvalue weighted by molar-refractivity contribution is 5.82. The predicted octanol–water partition coefficient (Wildman–Crippen LogP) is 1.49. The van der Waals surface area contributed by atoms with Crippen LogP contribution >= 0.6 is 0 Å². The average Bonchev–Trinajstić information content (AvgIpc) is 2.49. The molecule has 0 saturated carbocycles. The third kappa shape index (κ3) is 4.47. The SMILES string of the molecule is CCCNc1ncnc(NCC(C)(C)C(=O)NC)c1OC. The molecule has 0 bridgehead atoms. The van der Waals surface area contributed by atoms with Gasteiger partial charge in [-0.05, 0) is 20.3 Å². The van der Waals surface area contributed by atoms with Crippen molar-refractivity contribution in [2.45, 2.75) is 27.2 Å². The van der Waals surface area contributed by atoms with Crippen molar-refractivity contribution in [1.82, 2.24) is 15.3 Å². The monoisotopic (exact) mass is 295 g/mol. The van der Waals surface area contributed by atoms with E-state index in [0.29, 0.717) is 23.9 Å². The van der Waals surface area contributed by atoms with Crippen LogP contribution in [0.2, 0.25) is 0 Å². The van der Waals surface area contributed by atoms with Crippen molar-refractivity contribution in [3.8, 4) is 5.75 Å². The van der Waals surface area contributed by atoms with Crippen LogP contribution in [0, 0.1) is 5.41 Å². The van der Waals surface area contributed by atoms with Crippen molar-refractivity contribution in [2.24, 2.45) is 5.41 Å². The van der Waals surface area contributed by atoms with Gasteiger partial charge in [0.25, 0.3) is 0 Å². The third-order valence-electron chi connectivity index (χ3n) is 3.09. The highest BCUT2D eigenvalue weighted by Crippen LogP contribution is 2.29. The molecule has 0 unspecified atom stereocenters. The number of carbonyl (C=O) groups excluding carboxylic acids is 1. The molecule has 1 amide bonds. The molecule has 0 saturated heterocycles. The van der Waals surface area contributed by atoms with Gasteiger partial charge in [-0.2, -0.15) is 0 Å². The molecule has 0 fully saturated rings. The summed E-state index contributed by atoms with van der Waals surface area (Å²) in [7, 11) is 3.20. The van der Waals surface area contributed by atoms with Crippen LogP contribution in [-0.2, 0) is 4.79 Å². The summed E-state index contributed by atoms with van der Waals surface area (Å²) in [5, 5.41) is 9.00. The molecule has 3 N–H and O–H groups in total. The van der Waals surface area contributed by atoms with E-state index in [0.717, 1.165) is 13.0 Å². The molecule has 21 heavy (non-hydrogen) atoms. The molecule has 1 rings (SSSR count). The van der Waals surface area contributed by atoms with E-state index in [1.165, 1.54) is 6.33 Å². The smallest absolute Gasteiger partial charge is 0.227 e. The van der Waals surface area contributed by atoms with Gasteiger partial charge >= 0.3 is 0 Å². The van der Waals surface area contributed by atoms with Crippen LogP contribution in [-0.4, -0.2) is 43.1 Å². The van der Waals surface area contributed by atoms with Crippen molar-refractivity contribution in [3.05, 3.63) is 6.33 Å². The van der Waals surface area contributed by atoms with Gasteiger partial charge in [-0.3, -0.25) is 4.79 Å². The molecule has 0 radical (unpaired) electrons. The molecule has 7 heteroatoms. The van der Waals surface area contributed by atoms with Crippen molar-refractivity contribution >= 4 is 17.5 Å². The van der Waals surface area contributed by atoms with Crippen molar-refractivity contribution < 1.29 is 9.53 Å². The highest BCUT2D eigenvalue weighted by atomic mass is 16.5. The van der Waals surface area contributed by atoms with Gasteiger partial charge in [0.15, 0.2) is 11.6 Å². The first-order valence-corrected chi connectivity index (χ1v) is 7.05. The Morgan fingerprint density at radius 2 is 1.90 bits per heavy atom. The van der Waals surface area contributed by atoms with Crippen LogP contribution in [0.1, 0.15) is 27.2 Å². The molecule has 118 valence electrons. The Morgan fingerprint density at radius 1 is 1.29 bits per heavy atom. The number of nitrogens with one attached hydrogen (secondary N) is 3. The topological polar surface area (TPSA) is 88.2 Å². The van der Waals surface area contributed by atoms with Crippen LogP contribution in [0.15, 0.2) is 6.33 Å². The predicted molar refractivity (Wildman–Crippen MR) is 83.7 cm³/mol. The lowest BCUT2D eigenvalue weighted by atomic mass is 9.92. The Bertz CT molecular complexity index is 476. The van der Waals surface area contributed by atoms with Crippen molar-refractivity contribution in [2.75, 3.05) is 37.9 Å². The van der Waals surface area contributed by atoms with E-state index in [1.807, 2.05) is 13.8 Å². The summed E-state index contributed by atoms with van der Waals surface area (Å²) >= 11 is 0. The van der Waals surface area contributed by atoms with Gasteiger partial charge in [0.1, 0.15) is 6.33 Å². The average molecular weight is 295 g/mol. The summed E-state index contributed by atoms with van der Waals surface area (Å²) in [6, 6.07) is 0. The first-order valence-electron chi connectivity index (χ1n) is 7.05. The fraction of sp³-hybridized carbons (Fsp3) is 0.643. The standard InChI is InChI=1S/C14H25N5O2/c1-6-7-16-11-10(21-5)12(19-9-18-11)17-8-14(2,3)13(20)15-4/h9H,6-8H2,1-5H3,(H,15,20)(H2,16,17,18,19). The molecule has 7 nitrogen and oxygen atoms in total. The van der Waals surface area contributed by atoms with Gasteiger partial charge in [0.05, 0.1) is 12.5 Å². The maximum Gasteiger partial charge on any atom is 0.227 e. The third-order valence-corrected chi connectivity index (χ3v) is 3.09. The van der Waals surface area contributed by atoms with Crippen LogP contribution in [0.4, 0.5) is 11.6 Å². The first kappa shape index (κ1) is 17.0. The fourth-order valence-corrected chi connectivity index (χ4v) is 1.79. The van der Waals surface area contributed by atoms with E-state index < -0.39 is 5.41 Å². The van der Waals surface area contributed by atoms with Gasteiger partial charge in [-0.25, -0.2) is 9.97 Å². The summed E-state index contributed by atoms with van der Waals surface area (Å²) in [6.07, 6.45) is 2.45. The molecule has 0 spiro atoms.